The molecule has 4 rings (SSSR count). The van der Waals surface area contributed by atoms with Crippen LogP contribution in [0.4, 0.5) is 5.69 Å². The van der Waals surface area contributed by atoms with Gasteiger partial charge >= 0.3 is 0 Å². The first-order valence-corrected chi connectivity index (χ1v) is 7.83. The Morgan fingerprint density at radius 2 is 2.04 bits per heavy atom. The number of aryl methyl sites for hydroxylation is 2. The predicted octanol–water partition coefficient (Wildman–Crippen LogP) is 1.74. The molecule has 1 aromatic carbocycles. The number of anilines is 1. The highest BCUT2D eigenvalue weighted by atomic mass is 16.7. The molecule has 0 fully saturated rings. The topological polar surface area (TPSA) is 87.4 Å². The van der Waals surface area contributed by atoms with Gasteiger partial charge < -0.3 is 19.4 Å². The SMILES string of the molecule is CCn1cc(C(=O)Nc2cnn(C)c2)c(=O)c2cc3c(cc21)OCO3. The number of benzene rings is 1. The Labute approximate surface area is 142 Å². The zero-order chi connectivity index (χ0) is 17.6. The van der Waals surface area contributed by atoms with Crippen LogP contribution in [-0.2, 0) is 13.6 Å². The second-order valence-corrected chi connectivity index (χ2v) is 5.74. The van der Waals surface area contributed by atoms with E-state index in [0.29, 0.717) is 34.6 Å². The van der Waals surface area contributed by atoms with Gasteiger partial charge in [0.1, 0.15) is 5.56 Å². The molecule has 2 aromatic heterocycles. The molecule has 25 heavy (non-hydrogen) atoms. The number of hydrogen-bond acceptors (Lipinski definition) is 5. The molecule has 8 nitrogen and oxygen atoms in total. The molecule has 0 saturated carbocycles. The van der Waals surface area contributed by atoms with Crippen molar-refractivity contribution in [2.75, 3.05) is 12.1 Å². The second kappa shape index (κ2) is 5.66. The molecular weight excluding hydrogens is 324 g/mol. The molecular formula is C17H16N4O4. The van der Waals surface area contributed by atoms with Gasteiger partial charge in [-0.2, -0.15) is 5.10 Å². The molecule has 1 aliphatic heterocycles. The van der Waals surface area contributed by atoms with Crippen LogP contribution in [0.25, 0.3) is 10.9 Å². The normalized spacial score (nSPS) is 12.6. The zero-order valence-electron chi connectivity index (χ0n) is 13.8. The number of nitrogens with zero attached hydrogens (tertiary/aromatic N) is 3. The van der Waals surface area contributed by atoms with Crippen molar-refractivity contribution in [1.82, 2.24) is 14.3 Å². The number of amides is 1. The Kier molecular flexibility index (Phi) is 3.45. The molecule has 0 spiro atoms. The zero-order valence-corrected chi connectivity index (χ0v) is 13.8. The monoisotopic (exact) mass is 340 g/mol. The van der Waals surface area contributed by atoms with Crippen molar-refractivity contribution in [3.05, 3.63) is 46.5 Å². The molecule has 8 heteroatoms. The fraction of sp³-hybridized carbons (Fsp3) is 0.235. The van der Waals surface area contributed by atoms with Crippen LogP contribution >= 0.6 is 0 Å². The van der Waals surface area contributed by atoms with E-state index in [1.54, 1.807) is 36.3 Å². The number of pyridine rings is 1. The first kappa shape index (κ1) is 15.3. The summed E-state index contributed by atoms with van der Waals surface area (Å²) in [5, 5.41) is 7.11. The highest BCUT2D eigenvalue weighted by Gasteiger charge is 2.20. The van der Waals surface area contributed by atoms with Gasteiger partial charge in [-0.05, 0) is 13.0 Å². The maximum atomic E-state index is 12.8. The molecule has 0 bridgehead atoms. The van der Waals surface area contributed by atoms with E-state index in [4.69, 9.17) is 9.47 Å². The number of hydrogen-bond donors (Lipinski definition) is 1. The van der Waals surface area contributed by atoms with Gasteiger partial charge in [0.25, 0.3) is 5.91 Å². The minimum atomic E-state index is -0.472. The van der Waals surface area contributed by atoms with Crippen LogP contribution in [0.15, 0.2) is 35.5 Å². The standard InChI is InChI=1S/C17H16N4O4/c1-3-21-8-12(17(23)19-10-6-18-20(2)7-10)16(22)11-4-14-15(5-13(11)21)25-9-24-14/h4-8H,3,9H2,1-2H3,(H,19,23). The molecule has 3 aromatic rings. The summed E-state index contributed by atoms with van der Waals surface area (Å²) in [6.45, 7) is 2.67. The van der Waals surface area contributed by atoms with E-state index in [9.17, 15) is 9.59 Å². The molecule has 1 aliphatic rings. The van der Waals surface area contributed by atoms with Crippen LogP contribution in [0.1, 0.15) is 17.3 Å². The maximum absolute atomic E-state index is 12.8. The van der Waals surface area contributed by atoms with E-state index in [1.807, 2.05) is 11.5 Å². The van der Waals surface area contributed by atoms with Crippen LogP contribution < -0.4 is 20.2 Å². The largest absolute Gasteiger partial charge is 0.454 e. The summed E-state index contributed by atoms with van der Waals surface area (Å²) >= 11 is 0. The van der Waals surface area contributed by atoms with Crippen molar-refractivity contribution in [3.8, 4) is 11.5 Å². The average Bonchev–Trinajstić information content (AvgIpc) is 3.22. The Bertz CT molecular complexity index is 1050. The Balaban J connectivity index is 1.84. The Morgan fingerprint density at radius 3 is 2.72 bits per heavy atom. The van der Waals surface area contributed by atoms with E-state index in [0.717, 1.165) is 0 Å². The third-order valence-corrected chi connectivity index (χ3v) is 4.12. The van der Waals surface area contributed by atoms with E-state index in [-0.39, 0.29) is 17.8 Å². The molecule has 3 heterocycles. The van der Waals surface area contributed by atoms with Crippen molar-refractivity contribution in [1.29, 1.82) is 0 Å². The molecule has 0 unspecified atom stereocenters. The van der Waals surface area contributed by atoms with Gasteiger partial charge in [0, 0.05) is 32.1 Å². The second-order valence-electron chi connectivity index (χ2n) is 5.74. The minimum Gasteiger partial charge on any atom is -0.454 e. The quantitative estimate of drug-likeness (QED) is 0.785. The average molecular weight is 340 g/mol. The van der Waals surface area contributed by atoms with Gasteiger partial charge in [0.05, 0.1) is 22.8 Å². The van der Waals surface area contributed by atoms with Crippen LogP contribution in [-0.4, -0.2) is 27.0 Å². The van der Waals surface area contributed by atoms with Gasteiger partial charge in [0.15, 0.2) is 11.5 Å². The number of fused-ring (bicyclic) bond motifs is 2. The van der Waals surface area contributed by atoms with E-state index in [1.165, 1.54) is 6.20 Å². The highest BCUT2D eigenvalue weighted by molar-refractivity contribution is 6.05. The third kappa shape index (κ3) is 2.51. The fourth-order valence-corrected chi connectivity index (χ4v) is 2.89. The number of ether oxygens (including phenoxy) is 2. The molecule has 0 radical (unpaired) electrons. The molecule has 1 N–H and O–H groups in total. The van der Waals surface area contributed by atoms with Crippen molar-refractivity contribution in [3.63, 3.8) is 0 Å². The van der Waals surface area contributed by atoms with Crippen molar-refractivity contribution < 1.29 is 14.3 Å². The lowest BCUT2D eigenvalue weighted by molar-refractivity contribution is 0.102. The van der Waals surface area contributed by atoms with Crippen LogP contribution in [0.2, 0.25) is 0 Å². The first-order chi connectivity index (χ1) is 12.1. The lowest BCUT2D eigenvalue weighted by Gasteiger charge is -2.12. The number of aromatic nitrogens is 3. The van der Waals surface area contributed by atoms with Gasteiger partial charge in [-0.1, -0.05) is 0 Å². The van der Waals surface area contributed by atoms with Gasteiger partial charge in [0.2, 0.25) is 12.2 Å². The third-order valence-electron chi connectivity index (χ3n) is 4.12. The Morgan fingerprint density at radius 1 is 1.28 bits per heavy atom. The van der Waals surface area contributed by atoms with E-state index < -0.39 is 5.91 Å². The van der Waals surface area contributed by atoms with E-state index >= 15 is 0 Å². The minimum absolute atomic E-state index is 0.0667. The van der Waals surface area contributed by atoms with Crippen molar-refractivity contribution in [2.45, 2.75) is 13.5 Å². The summed E-state index contributed by atoms with van der Waals surface area (Å²) in [4.78, 5) is 25.4. The smallest absolute Gasteiger partial charge is 0.261 e. The summed E-state index contributed by atoms with van der Waals surface area (Å²) < 4.78 is 14.1. The molecule has 128 valence electrons. The number of carbonyl (C=O) groups is 1. The first-order valence-electron chi connectivity index (χ1n) is 7.83. The summed E-state index contributed by atoms with van der Waals surface area (Å²) in [7, 11) is 1.75. The summed E-state index contributed by atoms with van der Waals surface area (Å²) in [5.74, 6) is 0.637. The lowest BCUT2D eigenvalue weighted by Crippen LogP contribution is -2.23. The summed E-state index contributed by atoms with van der Waals surface area (Å²) in [6, 6.07) is 3.40. The van der Waals surface area contributed by atoms with Crippen molar-refractivity contribution in [2.24, 2.45) is 7.05 Å². The summed E-state index contributed by atoms with van der Waals surface area (Å²) in [5.41, 5.74) is 0.951. The van der Waals surface area contributed by atoms with Crippen LogP contribution in [0.5, 0.6) is 11.5 Å². The van der Waals surface area contributed by atoms with Crippen LogP contribution in [0, 0.1) is 0 Å². The number of carbonyl (C=O) groups excluding carboxylic acids is 1. The van der Waals surface area contributed by atoms with Crippen molar-refractivity contribution >= 4 is 22.5 Å². The molecule has 0 atom stereocenters. The maximum Gasteiger partial charge on any atom is 0.261 e. The molecule has 1 amide bonds. The number of nitrogens with one attached hydrogen (secondary N) is 1. The molecule has 0 saturated heterocycles. The van der Waals surface area contributed by atoms with Gasteiger partial charge in [-0.25, -0.2) is 0 Å². The van der Waals surface area contributed by atoms with Crippen LogP contribution in [0.3, 0.4) is 0 Å². The van der Waals surface area contributed by atoms with E-state index in [2.05, 4.69) is 10.4 Å². The number of rotatable bonds is 3. The highest BCUT2D eigenvalue weighted by Crippen LogP contribution is 2.35. The Hall–Kier alpha value is -3.29. The fourth-order valence-electron chi connectivity index (χ4n) is 2.89. The molecule has 0 aliphatic carbocycles. The summed E-state index contributed by atoms with van der Waals surface area (Å²) in [6.07, 6.45) is 4.75. The van der Waals surface area contributed by atoms with Gasteiger partial charge in [-0.15, -0.1) is 0 Å². The predicted molar refractivity (Wildman–Crippen MR) is 91.2 cm³/mol. The van der Waals surface area contributed by atoms with Gasteiger partial charge in [-0.3, -0.25) is 14.3 Å². The lowest BCUT2D eigenvalue weighted by atomic mass is 10.1.